The van der Waals surface area contributed by atoms with E-state index in [4.69, 9.17) is 0 Å². The van der Waals surface area contributed by atoms with Crippen LogP contribution in [0.25, 0.3) is 0 Å². The van der Waals surface area contributed by atoms with Crippen LogP contribution in [0.3, 0.4) is 0 Å². The summed E-state index contributed by atoms with van der Waals surface area (Å²) in [6, 6.07) is 2.82. The molecule has 2 nitrogen and oxygen atoms in total. The molecule has 0 aliphatic heterocycles. The largest absolute Gasteiger partial charge is 0.433 e. The first-order valence-corrected chi connectivity index (χ1v) is 5.25. The normalized spacial score (nSPS) is 25.0. The van der Waals surface area contributed by atoms with Gasteiger partial charge in [0, 0.05) is 6.04 Å². The van der Waals surface area contributed by atoms with Gasteiger partial charge in [-0.15, -0.1) is 0 Å². The smallest absolute Gasteiger partial charge is 0.381 e. The summed E-state index contributed by atoms with van der Waals surface area (Å²) in [7, 11) is 0. The minimum Gasteiger partial charge on any atom is -0.381 e. The lowest BCUT2D eigenvalue weighted by atomic mass is 9.82. The van der Waals surface area contributed by atoms with Gasteiger partial charge in [0.05, 0.1) is 11.9 Å². The summed E-state index contributed by atoms with van der Waals surface area (Å²) >= 11 is 0. The second kappa shape index (κ2) is 3.96. The molecule has 16 heavy (non-hydrogen) atoms. The molecule has 0 radical (unpaired) electrons. The third-order valence-corrected chi connectivity index (χ3v) is 2.80. The lowest BCUT2D eigenvalue weighted by Crippen LogP contribution is -2.33. The lowest BCUT2D eigenvalue weighted by molar-refractivity contribution is -0.141. The molecular weight excluding hydrogens is 217 g/mol. The summed E-state index contributed by atoms with van der Waals surface area (Å²) in [6.45, 7) is 2.16. The maximum Gasteiger partial charge on any atom is 0.433 e. The summed E-state index contributed by atoms with van der Waals surface area (Å²) in [6.07, 6.45) is -0.975. The monoisotopic (exact) mass is 230 g/mol. The first kappa shape index (κ1) is 11.2. The third kappa shape index (κ3) is 2.46. The van der Waals surface area contributed by atoms with Crippen molar-refractivity contribution in [2.45, 2.75) is 32.0 Å². The topological polar surface area (TPSA) is 24.9 Å². The molecule has 0 amide bonds. The molecule has 5 heteroatoms. The van der Waals surface area contributed by atoms with E-state index in [1.54, 1.807) is 0 Å². The molecule has 0 unspecified atom stereocenters. The predicted molar refractivity (Wildman–Crippen MR) is 55.0 cm³/mol. The van der Waals surface area contributed by atoms with Crippen LogP contribution in [0.2, 0.25) is 0 Å². The number of alkyl halides is 3. The predicted octanol–water partition coefficient (Wildman–Crippen LogP) is 3.31. The van der Waals surface area contributed by atoms with Crippen LogP contribution in [0, 0.1) is 5.92 Å². The molecule has 0 bridgehead atoms. The Bertz CT molecular complexity index is 352. The number of rotatable bonds is 2. The van der Waals surface area contributed by atoms with Gasteiger partial charge in [0.1, 0.15) is 5.69 Å². The Kier molecular flexibility index (Phi) is 2.78. The third-order valence-electron chi connectivity index (χ3n) is 2.80. The number of halogens is 3. The van der Waals surface area contributed by atoms with Gasteiger partial charge < -0.3 is 5.32 Å². The standard InChI is InChI=1S/C11H13F3N2/c1-7-4-9(5-7)16-8-2-3-10(15-6-8)11(12,13)14/h2-3,6-7,9,16H,4-5H2,1H3. The fourth-order valence-electron chi connectivity index (χ4n) is 1.90. The van der Waals surface area contributed by atoms with Gasteiger partial charge in [-0.05, 0) is 30.9 Å². The zero-order valence-electron chi connectivity index (χ0n) is 8.88. The number of nitrogens with zero attached hydrogens (tertiary/aromatic N) is 1. The van der Waals surface area contributed by atoms with Crippen molar-refractivity contribution in [1.29, 1.82) is 0 Å². The highest BCUT2D eigenvalue weighted by Gasteiger charge is 2.32. The van der Waals surface area contributed by atoms with Crippen LogP contribution in [0.1, 0.15) is 25.5 Å². The molecule has 0 spiro atoms. The fourth-order valence-corrected chi connectivity index (χ4v) is 1.90. The number of aromatic nitrogens is 1. The Morgan fingerprint density at radius 1 is 1.31 bits per heavy atom. The van der Waals surface area contributed by atoms with E-state index < -0.39 is 11.9 Å². The number of hydrogen-bond acceptors (Lipinski definition) is 2. The van der Waals surface area contributed by atoms with Crippen molar-refractivity contribution in [2.24, 2.45) is 5.92 Å². The van der Waals surface area contributed by atoms with Crippen molar-refractivity contribution in [1.82, 2.24) is 4.98 Å². The summed E-state index contributed by atoms with van der Waals surface area (Å²) in [5.74, 6) is 0.708. The van der Waals surface area contributed by atoms with E-state index in [9.17, 15) is 13.2 Å². The van der Waals surface area contributed by atoms with Gasteiger partial charge in [0.15, 0.2) is 0 Å². The van der Waals surface area contributed by atoms with E-state index in [1.807, 2.05) is 0 Å². The first-order chi connectivity index (χ1) is 7.45. The van der Waals surface area contributed by atoms with Gasteiger partial charge in [-0.2, -0.15) is 13.2 Å². The Balaban J connectivity index is 1.97. The Morgan fingerprint density at radius 3 is 2.44 bits per heavy atom. The van der Waals surface area contributed by atoms with E-state index in [2.05, 4.69) is 17.2 Å². The van der Waals surface area contributed by atoms with Crippen LogP contribution < -0.4 is 5.32 Å². The molecule has 1 aliphatic rings. The van der Waals surface area contributed by atoms with Crippen molar-refractivity contribution in [3.8, 4) is 0 Å². The Hall–Kier alpha value is -1.26. The summed E-state index contributed by atoms with van der Waals surface area (Å²) < 4.78 is 36.7. The highest BCUT2D eigenvalue weighted by molar-refractivity contribution is 5.42. The SMILES string of the molecule is CC1CC(Nc2ccc(C(F)(F)F)nc2)C1. The molecule has 88 valence electrons. The van der Waals surface area contributed by atoms with Crippen molar-refractivity contribution < 1.29 is 13.2 Å². The summed E-state index contributed by atoms with van der Waals surface area (Å²) in [4.78, 5) is 3.39. The number of nitrogens with one attached hydrogen (secondary N) is 1. The molecule has 1 N–H and O–H groups in total. The number of pyridine rings is 1. The molecule has 2 rings (SSSR count). The average Bonchev–Trinajstić information content (AvgIpc) is 2.15. The summed E-state index contributed by atoms with van der Waals surface area (Å²) in [5.41, 5.74) is -0.190. The Morgan fingerprint density at radius 2 is 2.00 bits per heavy atom. The van der Waals surface area contributed by atoms with E-state index in [-0.39, 0.29) is 0 Å². The van der Waals surface area contributed by atoms with Gasteiger partial charge in [-0.1, -0.05) is 6.92 Å². The van der Waals surface area contributed by atoms with Gasteiger partial charge in [-0.3, -0.25) is 0 Å². The molecule has 1 saturated carbocycles. The lowest BCUT2D eigenvalue weighted by Gasteiger charge is -2.33. The van der Waals surface area contributed by atoms with Gasteiger partial charge in [0.25, 0.3) is 0 Å². The van der Waals surface area contributed by atoms with Crippen molar-refractivity contribution in [3.05, 3.63) is 24.0 Å². The molecule has 0 saturated heterocycles. The molecule has 0 atom stereocenters. The van der Waals surface area contributed by atoms with E-state index in [1.165, 1.54) is 12.3 Å². The van der Waals surface area contributed by atoms with Crippen LogP contribution in [0.5, 0.6) is 0 Å². The highest BCUT2D eigenvalue weighted by Crippen LogP contribution is 2.31. The van der Waals surface area contributed by atoms with Gasteiger partial charge >= 0.3 is 6.18 Å². The van der Waals surface area contributed by atoms with Gasteiger partial charge in [-0.25, -0.2) is 4.98 Å². The first-order valence-electron chi connectivity index (χ1n) is 5.25. The second-order valence-corrected chi connectivity index (χ2v) is 4.35. The molecule has 1 aliphatic carbocycles. The van der Waals surface area contributed by atoms with Crippen molar-refractivity contribution in [3.63, 3.8) is 0 Å². The zero-order chi connectivity index (χ0) is 11.8. The van der Waals surface area contributed by atoms with Crippen LogP contribution in [0.4, 0.5) is 18.9 Å². The van der Waals surface area contributed by atoms with Crippen LogP contribution >= 0.6 is 0 Å². The summed E-state index contributed by atoms with van der Waals surface area (Å²) in [5, 5.41) is 3.16. The fraction of sp³-hybridized carbons (Fsp3) is 0.545. The second-order valence-electron chi connectivity index (χ2n) is 4.35. The average molecular weight is 230 g/mol. The van der Waals surface area contributed by atoms with E-state index in [0.29, 0.717) is 17.6 Å². The molecule has 1 aromatic rings. The molecule has 1 fully saturated rings. The van der Waals surface area contributed by atoms with E-state index in [0.717, 1.165) is 18.9 Å². The molecule has 1 aromatic heterocycles. The molecule has 0 aromatic carbocycles. The maximum absolute atomic E-state index is 12.2. The van der Waals surface area contributed by atoms with Crippen LogP contribution in [-0.2, 0) is 6.18 Å². The van der Waals surface area contributed by atoms with Crippen LogP contribution in [-0.4, -0.2) is 11.0 Å². The minimum atomic E-state index is -4.36. The Labute approximate surface area is 91.9 Å². The molecular formula is C11H13F3N2. The number of anilines is 1. The maximum atomic E-state index is 12.2. The molecule has 1 heterocycles. The highest BCUT2D eigenvalue weighted by atomic mass is 19.4. The van der Waals surface area contributed by atoms with Crippen molar-refractivity contribution >= 4 is 5.69 Å². The van der Waals surface area contributed by atoms with Gasteiger partial charge in [0.2, 0.25) is 0 Å². The minimum absolute atomic E-state index is 0.383. The quantitative estimate of drug-likeness (QED) is 0.843. The zero-order valence-corrected chi connectivity index (χ0v) is 8.88. The van der Waals surface area contributed by atoms with Crippen molar-refractivity contribution in [2.75, 3.05) is 5.32 Å². The van der Waals surface area contributed by atoms with E-state index >= 15 is 0 Å². The number of hydrogen-bond donors (Lipinski definition) is 1. The van der Waals surface area contributed by atoms with Crippen LogP contribution in [0.15, 0.2) is 18.3 Å².